The van der Waals surface area contributed by atoms with E-state index >= 15 is 0 Å². The first-order valence-electron chi connectivity index (χ1n) is 10.1. The molecule has 0 radical (unpaired) electrons. The van der Waals surface area contributed by atoms with Crippen LogP contribution in [0.3, 0.4) is 0 Å². The van der Waals surface area contributed by atoms with Gasteiger partial charge in [0, 0.05) is 16.1 Å². The van der Waals surface area contributed by atoms with Crippen molar-refractivity contribution in [2.24, 2.45) is 0 Å². The van der Waals surface area contributed by atoms with Crippen molar-refractivity contribution < 1.29 is 9.53 Å². The minimum absolute atomic E-state index is 0.295. The fourth-order valence-electron chi connectivity index (χ4n) is 3.56. The molecule has 0 spiro atoms. The van der Waals surface area contributed by atoms with Gasteiger partial charge in [-0.05, 0) is 49.4 Å². The summed E-state index contributed by atoms with van der Waals surface area (Å²) < 4.78 is 8.53. The molecule has 9 nitrogen and oxygen atoms in total. The van der Waals surface area contributed by atoms with Crippen molar-refractivity contribution in [3.8, 4) is 17.3 Å². The first kappa shape index (κ1) is 21.9. The number of aryl methyl sites for hydroxylation is 1. The molecule has 0 bridgehead atoms. The largest absolute Gasteiger partial charge is 0.496 e. The summed E-state index contributed by atoms with van der Waals surface area (Å²) in [5.74, 6) is 0.886. The third kappa shape index (κ3) is 3.95. The lowest BCUT2D eigenvalue weighted by molar-refractivity contribution is 0.102. The first-order chi connectivity index (χ1) is 16.4. The summed E-state index contributed by atoms with van der Waals surface area (Å²) in [5.41, 5.74) is 2.35. The van der Waals surface area contributed by atoms with E-state index in [0.717, 1.165) is 5.69 Å². The van der Waals surface area contributed by atoms with Crippen LogP contribution in [0, 0.1) is 6.92 Å². The van der Waals surface area contributed by atoms with Crippen LogP contribution in [0.1, 0.15) is 16.1 Å². The third-order valence-electron chi connectivity index (χ3n) is 5.10. The van der Waals surface area contributed by atoms with Crippen LogP contribution >= 0.6 is 23.2 Å². The summed E-state index contributed by atoms with van der Waals surface area (Å²) in [5, 5.41) is 13.6. The number of methoxy groups -OCH3 is 1. The Labute approximate surface area is 203 Å². The number of nitrogens with zero attached hydrogens (tertiary/aromatic N) is 6. The molecule has 0 aliphatic heterocycles. The highest BCUT2D eigenvalue weighted by molar-refractivity contribution is 6.31. The van der Waals surface area contributed by atoms with E-state index in [-0.39, 0.29) is 0 Å². The molecule has 0 aliphatic rings. The summed E-state index contributed by atoms with van der Waals surface area (Å²) >= 11 is 12.1. The van der Waals surface area contributed by atoms with Crippen molar-refractivity contribution in [2.75, 3.05) is 12.4 Å². The Morgan fingerprint density at radius 1 is 1.00 bits per heavy atom. The lowest BCUT2D eigenvalue weighted by Crippen LogP contribution is -2.16. The Bertz CT molecular complexity index is 1530. The molecule has 0 fully saturated rings. The van der Waals surface area contributed by atoms with Gasteiger partial charge in [-0.2, -0.15) is 14.9 Å². The van der Waals surface area contributed by atoms with Crippen LogP contribution in [0.4, 0.5) is 5.82 Å². The van der Waals surface area contributed by atoms with E-state index < -0.39 is 5.91 Å². The number of carbonyl (C=O) groups excluding carboxylic acids is 1. The standard InChI is InChI=1S/C23H17Cl2N7O2/c1-13-9-20(29-23(33)17-10-15(25)5-8-19(17)34-2)32(30-13)22-18-11-28-31(21(18)26-12-27-22)16-6-3-14(24)4-7-16/h3-12H,1-2H3,(H,29,33). The van der Waals surface area contributed by atoms with Gasteiger partial charge < -0.3 is 10.1 Å². The molecule has 170 valence electrons. The van der Waals surface area contributed by atoms with Crippen molar-refractivity contribution in [3.05, 3.63) is 82.4 Å². The number of benzene rings is 2. The quantitative estimate of drug-likeness (QED) is 0.374. The predicted octanol–water partition coefficient (Wildman–Crippen LogP) is 4.88. The second-order valence-electron chi connectivity index (χ2n) is 7.35. The second-order valence-corrected chi connectivity index (χ2v) is 8.22. The van der Waals surface area contributed by atoms with Gasteiger partial charge in [-0.15, -0.1) is 0 Å². The summed E-state index contributed by atoms with van der Waals surface area (Å²) in [7, 11) is 1.49. The van der Waals surface area contributed by atoms with Crippen LogP contribution in [0.5, 0.6) is 5.75 Å². The number of amides is 1. The maximum atomic E-state index is 13.1. The van der Waals surface area contributed by atoms with Gasteiger partial charge in [-0.3, -0.25) is 4.79 Å². The van der Waals surface area contributed by atoms with Gasteiger partial charge in [0.05, 0.1) is 35.6 Å². The van der Waals surface area contributed by atoms with Crippen LogP contribution in [0.25, 0.3) is 22.5 Å². The number of ether oxygens (including phenoxy) is 1. The van der Waals surface area contributed by atoms with E-state index in [1.54, 1.807) is 52.0 Å². The molecule has 0 unspecified atom stereocenters. The number of aromatic nitrogens is 6. The maximum absolute atomic E-state index is 13.1. The molecule has 0 aliphatic carbocycles. The Kier molecular flexibility index (Phi) is 5.64. The number of hydrogen-bond acceptors (Lipinski definition) is 6. The minimum Gasteiger partial charge on any atom is -0.496 e. The van der Waals surface area contributed by atoms with E-state index in [4.69, 9.17) is 27.9 Å². The predicted molar refractivity (Wildman–Crippen MR) is 129 cm³/mol. The Balaban J connectivity index is 1.56. The second kappa shape index (κ2) is 8.77. The van der Waals surface area contributed by atoms with Gasteiger partial charge in [-0.1, -0.05) is 23.2 Å². The lowest BCUT2D eigenvalue weighted by Gasteiger charge is -2.11. The number of rotatable bonds is 5. The third-order valence-corrected chi connectivity index (χ3v) is 5.58. The molecule has 3 aromatic heterocycles. The highest BCUT2D eigenvalue weighted by Crippen LogP contribution is 2.27. The Morgan fingerprint density at radius 3 is 2.53 bits per heavy atom. The molecular formula is C23H17Cl2N7O2. The smallest absolute Gasteiger partial charge is 0.260 e. The van der Waals surface area contributed by atoms with Gasteiger partial charge in [0.15, 0.2) is 11.5 Å². The van der Waals surface area contributed by atoms with Crippen molar-refractivity contribution in [1.29, 1.82) is 0 Å². The molecule has 5 rings (SSSR count). The SMILES string of the molecule is COc1ccc(Cl)cc1C(=O)Nc1cc(C)nn1-c1ncnc2c1cnn2-c1ccc(Cl)cc1. The first-order valence-corrected chi connectivity index (χ1v) is 10.9. The lowest BCUT2D eigenvalue weighted by atomic mass is 10.2. The number of carbonyl (C=O) groups is 1. The highest BCUT2D eigenvalue weighted by atomic mass is 35.5. The van der Waals surface area contributed by atoms with Gasteiger partial charge in [0.25, 0.3) is 5.91 Å². The van der Waals surface area contributed by atoms with Gasteiger partial charge in [0.2, 0.25) is 0 Å². The molecule has 11 heteroatoms. The Hall–Kier alpha value is -3.95. The monoisotopic (exact) mass is 493 g/mol. The van der Waals surface area contributed by atoms with Crippen LogP contribution in [0.2, 0.25) is 10.0 Å². The molecule has 34 heavy (non-hydrogen) atoms. The topological polar surface area (TPSA) is 99.8 Å². The molecule has 0 saturated carbocycles. The highest BCUT2D eigenvalue weighted by Gasteiger charge is 2.20. The van der Waals surface area contributed by atoms with E-state index in [9.17, 15) is 4.79 Å². The summed E-state index contributed by atoms with van der Waals surface area (Å²) in [6.07, 6.45) is 3.08. The minimum atomic E-state index is -0.400. The van der Waals surface area contributed by atoms with E-state index in [1.807, 2.05) is 19.1 Å². The van der Waals surface area contributed by atoms with Crippen LogP contribution < -0.4 is 10.1 Å². The van der Waals surface area contributed by atoms with Gasteiger partial charge in [-0.25, -0.2) is 14.6 Å². The van der Waals surface area contributed by atoms with Gasteiger partial charge in [0.1, 0.15) is 17.9 Å². The zero-order valence-corrected chi connectivity index (χ0v) is 19.5. The molecule has 3 heterocycles. The van der Waals surface area contributed by atoms with Crippen molar-refractivity contribution >= 4 is 46.0 Å². The fraction of sp³-hybridized carbons (Fsp3) is 0.0870. The van der Waals surface area contributed by atoms with Crippen LogP contribution in [-0.2, 0) is 0 Å². The number of nitrogens with one attached hydrogen (secondary N) is 1. The molecule has 5 aromatic rings. The number of halogens is 2. The van der Waals surface area contributed by atoms with Crippen LogP contribution in [-0.4, -0.2) is 42.5 Å². The van der Waals surface area contributed by atoms with Crippen LogP contribution in [0.15, 0.2) is 61.1 Å². The molecule has 0 saturated heterocycles. The van der Waals surface area contributed by atoms with E-state index in [1.165, 1.54) is 13.4 Å². The average Bonchev–Trinajstić information content (AvgIpc) is 3.42. The summed E-state index contributed by atoms with van der Waals surface area (Å²) in [6.45, 7) is 1.82. The fourth-order valence-corrected chi connectivity index (χ4v) is 3.86. The average molecular weight is 494 g/mol. The van der Waals surface area contributed by atoms with Crippen molar-refractivity contribution in [2.45, 2.75) is 6.92 Å². The van der Waals surface area contributed by atoms with E-state index in [0.29, 0.717) is 49.7 Å². The number of hydrogen-bond donors (Lipinski definition) is 1. The maximum Gasteiger partial charge on any atom is 0.260 e. The van der Waals surface area contributed by atoms with Gasteiger partial charge >= 0.3 is 0 Å². The number of fused-ring (bicyclic) bond motifs is 1. The molecule has 1 N–H and O–H groups in total. The molecule has 0 atom stereocenters. The molecule has 1 amide bonds. The zero-order chi connectivity index (χ0) is 23.8. The summed E-state index contributed by atoms with van der Waals surface area (Å²) in [4.78, 5) is 21.9. The van der Waals surface area contributed by atoms with E-state index in [2.05, 4.69) is 25.5 Å². The zero-order valence-electron chi connectivity index (χ0n) is 18.0. The van der Waals surface area contributed by atoms with Crippen molar-refractivity contribution in [3.63, 3.8) is 0 Å². The molecule has 2 aromatic carbocycles. The normalized spacial score (nSPS) is 11.1. The summed E-state index contributed by atoms with van der Waals surface area (Å²) in [6, 6.07) is 13.8. The number of anilines is 1. The Morgan fingerprint density at radius 2 is 1.76 bits per heavy atom. The van der Waals surface area contributed by atoms with Crippen molar-refractivity contribution in [1.82, 2.24) is 29.5 Å². The molecular weight excluding hydrogens is 477 g/mol.